The Hall–Kier alpha value is -2.22. The van der Waals surface area contributed by atoms with Gasteiger partial charge in [-0.25, -0.2) is 0 Å². The van der Waals surface area contributed by atoms with E-state index in [1.54, 1.807) is 30.9 Å². The molecule has 1 fully saturated rings. The zero-order valence-corrected chi connectivity index (χ0v) is 19.2. The lowest BCUT2D eigenvalue weighted by Crippen LogP contribution is -3.28. The van der Waals surface area contributed by atoms with Crippen molar-refractivity contribution in [1.29, 1.82) is 0 Å². The summed E-state index contributed by atoms with van der Waals surface area (Å²) in [6.45, 7) is 7.71. The standard InChI is InChI=1S/C23H31N3O3S/c1-17-13-20(28-2)21(29-3)14-18(17)15-25-9-11-26(12-10-25)16-23(27)24-19-7-5-6-8-22(19)30-4/h5-8,13-14H,9-12,15-16H2,1-4H3,(H,24,27)/p+2. The third-order valence-corrected chi connectivity index (χ3v) is 6.53. The predicted octanol–water partition coefficient (Wildman–Crippen LogP) is 0.656. The van der Waals surface area contributed by atoms with Crippen molar-refractivity contribution < 1.29 is 24.1 Å². The second-order valence-electron chi connectivity index (χ2n) is 7.74. The van der Waals surface area contributed by atoms with Crippen molar-refractivity contribution in [2.24, 2.45) is 0 Å². The van der Waals surface area contributed by atoms with Crippen molar-refractivity contribution in [2.75, 3.05) is 58.5 Å². The Morgan fingerprint density at radius 2 is 1.67 bits per heavy atom. The Morgan fingerprint density at radius 3 is 2.33 bits per heavy atom. The molecule has 0 radical (unpaired) electrons. The molecule has 6 nitrogen and oxygen atoms in total. The molecule has 0 aliphatic carbocycles. The van der Waals surface area contributed by atoms with Gasteiger partial charge in [0.1, 0.15) is 32.7 Å². The summed E-state index contributed by atoms with van der Waals surface area (Å²) in [4.78, 5) is 16.5. The highest BCUT2D eigenvalue weighted by Gasteiger charge is 2.26. The fourth-order valence-corrected chi connectivity index (χ4v) is 4.52. The normalized spacial score (nSPS) is 18.7. The monoisotopic (exact) mass is 431 g/mol. The van der Waals surface area contributed by atoms with Gasteiger partial charge < -0.3 is 24.6 Å². The molecule has 1 aliphatic rings. The van der Waals surface area contributed by atoms with Crippen LogP contribution >= 0.6 is 11.8 Å². The minimum absolute atomic E-state index is 0.0886. The Bertz CT molecular complexity index is 867. The third kappa shape index (κ3) is 5.68. The maximum atomic E-state index is 12.5. The number of amides is 1. The lowest BCUT2D eigenvalue weighted by molar-refractivity contribution is -1.02. The van der Waals surface area contributed by atoms with Crippen molar-refractivity contribution in [3.63, 3.8) is 0 Å². The number of carbonyl (C=O) groups excluding carboxylic acids is 1. The van der Waals surface area contributed by atoms with Gasteiger partial charge in [0.05, 0.1) is 19.9 Å². The van der Waals surface area contributed by atoms with Crippen molar-refractivity contribution in [1.82, 2.24) is 0 Å². The number of anilines is 1. The quantitative estimate of drug-likeness (QED) is 0.538. The first-order valence-corrected chi connectivity index (χ1v) is 11.6. The number of thioether (sulfide) groups is 1. The summed E-state index contributed by atoms with van der Waals surface area (Å²) < 4.78 is 10.9. The van der Waals surface area contributed by atoms with Gasteiger partial charge in [0.2, 0.25) is 0 Å². The van der Waals surface area contributed by atoms with E-state index in [2.05, 4.69) is 18.3 Å². The third-order valence-electron chi connectivity index (χ3n) is 5.74. The van der Waals surface area contributed by atoms with E-state index in [4.69, 9.17) is 9.47 Å². The van der Waals surface area contributed by atoms with Gasteiger partial charge in [0.25, 0.3) is 5.91 Å². The van der Waals surface area contributed by atoms with Crippen LogP contribution in [0.4, 0.5) is 5.69 Å². The number of para-hydroxylation sites is 1. The number of ether oxygens (including phenoxy) is 2. The van der Waals surface area contributed by atoms with Gasteiger partial charge in [-0.1, -0.05) is 12.1 Å². The molecule has 0 saturated carbocycles. The summed E-state index contributed by atoms with van der Waals surface area (Å²) in [5.41, 5.74) is 3.42. The van der Waals surface area contributed by atoms with Gasteiger partial charge in [0, 0.05) is 10.5 Å². The summed E-state index contributed by atoms with van der Waals surface area (Å²) in [5.74, 6) is 1.65. The molecule has 1 amide bonds. The number of quaternary nitrogens is 2. The fraction of sp³-hybridized carbons (Fsp3) is 0.435. The molecule has 2 aromatic carbocycles. The highest BCUT2D eigenvalue weighted by Crippen LogP contribution is 2.30. The van der Waals surface area contributed by atoms with Crippen LogP contribution in [0.25, 0.3) is 0 Å². The zero-order chi connectivity index (χ0) is 21.5. The molecular weight excluding hydrogens is 398 g/mol. The van der Waals surface area contributed by atoms with Crippen molar-refractivity contribution >= 4 is 23.4 Å². The van der Waals surface area contributed by atoms with Gasteiger partial charge in [-0.15, -0.1) is 11.8 Å². The molecule has 30 heavy (non-hydrogen) atoms. The van der Waals surface area contributed by atoms with Crippen LogP contribution in [0.2, 0.25) is 0 Å². The Kier molecular flexibility index (Phi) is 8.01. The molecule has 3 N–H and O–H groups in total. The van der Waals surface area contributed by atoms with Gasteiger partial charge >= 0.3 is 0 Å². The number of nitrogens with one attached hydrogen (secondary N) is 3. The van der Waals surface area contributed by atoms with Gasteiger partial charge in [-0.05, 0) is 43.0 Å². The molecule has 3 rings (SSSR count). The Labute approximate surface area is 183 Å². The molecular formula is C23H33N3O3S+2. The number of piperazine rings is 1. The van der Waals surface area contributed by atoms with Crippen LogP contribution in [-0.4, -0.2) is 59.1 Å². The molecule has 0 aromatic heterocycles. The average Bonchev–Trinajstić information content (AvgIpc) is 2.76. The minimum atomic E-state index is 0.0886. The molecule has 0 atom stereocenters. The van der Waals surface area contributed by atoms with E-state index in [-0.39, 0.29) is 5.91 Å². The molecule has 0 spiro atoms. The summed E-state index contributed by atoms with van der Waals surface area (Å²) >= 11 is 1.65. The van der Waals surface area contributed by atoms with Crippen LogP contribution in [0, 0.1) is 6.92 Å². The van der Waals surface area contributed by atoms with Crippen LogP contribution in [0.1, 0.15) is 11.1 Å². The first-order chi connectivity index (χ1) is 14.5. The van der Waals surface area contributed by atoms with Crippen LogP contribution in [0.3, 0.4) is 0 Å². The number of rotatable bonds is 8. The molecule has 0 bridgehead atoms. The number of benzene rings is 2. The maximum Gasteiger partial charge on any atom is 0.279 e. The summed E-state index contributed by atoms with van der Waals surface area (Å²) in [6, 6.07) is 12.1. The number of methoxy groups -OCH3 is 2. The minimum Gasteiger partial charge on any atom is -0.493 e. The maximum absolute atomic E-state index is 12.5. The Morgan fingerprint density at radius 1 is 1.03 bits per heavy atom. The van der Waals surface area contributed by atoms with Crippen molar-refractivity contribution in [3.05, 3.63) is 47.5 Å². The molecule has 1 aliphatic heterocycles. The lowest BCUT2D eigenvalue weighted by atomic mass is 10.1. The summed E-state index contributed by atoms with van der Waals surface area (Å²) in [7, 11) is 3.34. The van der Waals surface area contributed by atoms with Crippen LogP contribution < -0.4 is 24.6 Å². The second kappa shape index (κ2) is 10.7. The highest BCUT2D eigenvalue weighted by molar-refractivity contribution is 7.98. The van der Waals surface area contributed by atoms with Crippen LogP contribution in [0.5, 0.6) is 11.5 Å². The summed E-state index contributed by atoms with van der Waals surface area (Å²) in [6.07, 6.45) is 2.03. The van der Waals surface area contributed by atoms with E-state index < -0.39 is 0 Å². The van der Waals surface area contributed by atoms with E-state index in [0.717, 1.165) is 54.8 Å². The number of hydrogen-bond acceptors (Lipinski definition) is 4. The number of aryl methyl sites for hydroxylation is 1. The SMILES string of the molecule is COc1cc(C)c(C[NH+]2CC[NH+](CC(=O)Nc3ccccc3SC)CC2)cc1OC. The van der Waals surface area contributed by atoms with Crippen LogP contribution in [-0.2, 0) is 11.3 Å². The van der Waals surface area contributed by atoms with Crippen LogP contribution in [0.15, 0.2) is 41.3 Å². The molecule has 1 saturated heterocycles. The molecule has 1 heterocycles. The van der Waals surface area contributed by atoms with E-state index in [0.29, 0.717) is 6.54 Å². The molecule has 2 aromatic rings. The average molecular weight is 432 g/mol. The topological polar surface area (TPSA) is 56.4 Å². The van der Waals surface area contributed by atoms with Crippen molar-refractivity contribution in [3.8, 4) is 11.5 Å². The largest absolute Gasteiger partial charge is 0.493 e. The van der Waals surface area contributed by atoms with E-state index in [9.17, 15) is 4.79 Å². The molecule has 7 heteroatoms. The first kappa shape index (κ1) is 22.5. The van der Waals surface area contributed by atoms with E-state index in [1.807, 2.05) is 36.6 Å². The second-order valence-corrected chi connectivity index (χ2v) is 8.58. The number of hydrogen-bond donors (Lipinski definition) is 3. The zero-order valence-electron chi connectivity index (χ0n) is 18.3. The van der Waals surface area contributed by atoms with Gasteiger partial charge in [-0.3, -0.25) is 4.79 Å². The van der Waals surface area contributed by atoms with Gasteiger partial charge in [0.15, 0.2) is 18.0 Å². The predicted molar refractivity (Wildman–Crippen MR) is 121 cm³/mol. The summed E-state index contributed by atoms with van der Waals surface area (Å²) in [5, 5.41) is 3.08. The highest BCUT2D eigenvalue weighted by atomic mass is 32.2. The molecule has 162 valence electrons. The van der Waals surface area contributed by atoms with E-state index >= 15 is 0 Å². The first-order valence-electron chi connectivity index (χ1n) is 10.4. The fourth-order valence-electron chi connectivity index (χ4n) is 3.96. The van der Waals surface area contributed by atoms with Crippen molar-refractivity contribution in [2.45, 2.75) is 18.4 Å². The Balaban J connectivity index is 1.51. The van der Waals surface area contributed by atoms with E-state index in [1.165, 1.54) is 16.0 Å². The lowest BCUT2D eigenvalue weighted by Gasteiger charge is -2.30. The number of carbonyl (C=O) groups is 1. The molecule has 0 unspecified atom stereocenters. The van der Waals surface area contributed by atoms with Gasteiger partial charge in [-0.2, -0.15) is 0 Å². The smallest absolute Gasteiger partial charge is 0.279 e.